The molecular formula is C27H29FO. The molecule has 3 aromatic carbocycles. The van der Waals surface area contributed by atoms with Gasteiger partial charge in [0, 0.05) is 17.0 Å². The number of hydrogen-bond acceptors (Lipinski definition) is 1. The Morgan fingerprint density at radius 3 is 2.03 bits per heavy atom. The predicted molar refractivity (Wildman–Crippen MR) is 120 cm³/mol. The minimum Gasteiger partial charge on any atom is -0.294 e. The number of unbranched alkanes of at least 4 members (excludes halogenated alkanes) is 2. The Balaban J connectivity index is 1.77. The van der Waals surface area contributed by atoms with E-state index in [4.69, 9.17) is 0 Å². The van der Waals surface area contributed by atoms with E-state index in [9.17, 15) is 9.18 Å². The number of halogens is 1. The Morgan fingerprint density at radius 2 is 1.45 bits per heavy atom. The number of rotatable bonds is 8. The molecule has 0 radical (unpaired) electrons. The molecule has 2 heteroatoms. The molecule has 0 saturated heterocycles. The molecule has 0 spiro atoms. The summed E-state index contributed by atoms with van der Waals surface area (Å²) in [5.74, 6) is -0.196. The van der Waals surface area contributed by atoms with Crippen LogP contribution in [0.25, 0.3) is 22.3 Å². The predicted octanol–water partition coefficient (Wildman–Crippen LogP) is 7.73. The number of ketones is 1. The zero-order chi connectivity index (χ0) is 20.8. The molecule has 0 atom stereocenters. The van der Waals surface area contributed by atoms with Crippen molar-refractivity contribution in [1.82, 2.24) is 0 Å². The molecule has 0 N–H and O–H groups in total. The van der Waals surface area contributed by atoms with E-state index in [-0.39, 0.29) is 17.5 Å². The van der Waals surface area contributed by atoms with Crippen LogP contribution in [0.4, 0.5) is 4.39 Å². The first-order valence-corrected chi connectivity index (χ1v) is 10.5. The fraction of sp³-hybridized carbons (Fsp3) is 0.296. The van der Waals surface area contributed by atoms with Crippen LogP contribution in [0.1, 0.15) is 56.0 Å². The molecule has 0 amide bonds. The number of Topliss-reactive ketones (excluding diaryl/α,β-unsaturated/α-hetero) is 1. The van der Waals surface area contributed by atoms with Crippen LogP contribution in [0.15, 0.2) is 66.7 Å². The molecule has 3 rings (SSSR count). The summed E-state index contributed by atoms with van der Waals surface area (Å²) in [5, 5.41) is 0. The molecule has 1 nitrogen and oxygen atoms in total. The molecule has 0 aliphatic heterocycles. The molecule has 0 aliphatic carbocycles. The van der Waals surface area contributed by atoms with Gasteiger partial charge in [-0.15, -0.1) is 0 Å². The third-order valence-electron chi connectivity index (χ3n) is 5.33. The Kier molecular flexibility index (Phi) is 6.98. The second-order valence-corrected chi connectivity index (χ2v) is 7.94. The summed E-state index contributed by atoms with van der Waals surface area (Å²) in [4.78, 5) is 12.1. The lowest BCUT2D eigenvalue weighted by Crippen LogP contribution is -2.06. The van der Waals surface area contributed by atoms with Crippen molar-refractivity contribution < 1.29 is 9.18 Å². The van der Waals surface area contributed by atoms with E-state index >= 15 is 0 Å². The SMILES string of the molecule is CCCCCc1ccc(-c2ccc(-c3ccc(C(=O)C(C)C)cc3)c(F)c2)cc1. The highest BCUT2D eigenvalue weighted by Crippen LogP contribution is 2.29. The highest BCUT2D eigenvalue weighted by atomic mass is 19.1. The minimum absolute atomic E-state index is 0.0464. The van der Waals surface area contributed by atoms with Gasteiger partial charge in [0.1, 0.15) is 5.82 Å². The molecular weight excluding hydrogens is 359 g/mol. The average Bonchev–Trinajstić information content (AvgIpc) is 2.74. The summed E-state index contributed by atoms with van der Waals surface area (Å²) in [5.41, 5.74) is 5.22. The fourth-order valence-electron chi connectivity index (χ4n) is 3.52. The summed E-state index contributed by atoms with van der Waals surface area (Å²) in [6.45, 7) is 5.97. The lowest BCUT2D eigenvalue weighted by atomic mass is 9.96. The van der Waals surface area contributed by atoms with E-state index in [1.54, 1.807) is 18.2 Å². The summed E-state index contributed by atoms with van der Waals surface area (Å²) in [7, 11) is 0. The summed E-state index contributed by atoms with van der Waals surface area (Å²) in [6, 6.07) is 21.0. The van der Waals surface area contributed by atoms with Gasteiger partial charge in [0.15, 0.2) is 5.78 Å². The van der Waals surface area contributed by atoms with Crippen molar-refractivity contribution >= 4 is 5.78 Å². The molecule has 29 heavy (non-hydrogen) atoms. The van der Waals surface area contributed by atoms with Crippen LogP contribution >= 0.6 is 0 Å². The van der Waals surface area contributed by atoms with Crippen LogP contribution in [-0.2, 0) is 6.42 Å². The molecule has 0 heterocycles. The van der Waals surface area contributed by atoms with Crippen molar-refractivity contribution in [2.45, 2.75) is 46.5 Å². The van der Waals surface area contributed by atoms with Gasteiger partial charge in [-0.1, -0.05) is 94.3 Å². The molecule has 0 unspecified atom stereocenters. The first kappa shape index (κ1) is 21.0. The van der Waals surface area contributed by atoms with Crippen LogP contribution in [0.2, 0.25) is 0 Å². The second kappa shape index (κ2) is 9.65. The molecule has 3 aromatic rings. The number of hydrogen-bond donors (Lipinski definition) is 0. The lowest BCUT2D eigenvalue weighted by Gasteiger charge is -2.09. The molecule has 0 bridgehead atoms. The maximum atomic E-state index is 14.8. The lowest BCUT2D eigenvalue weighted by molar-refractivity contribution is 0.0939. The minimum atomic E-state index is -0.252. The Labute approximate surface area is 173 Å². The number of aryl methyl sites for hydroxylation is 1. The van der Waals surface area contributed by atoms with Crippen molar-refractivity contribution in [2.24, 2.45) is 5.92 Å². The maximum Gasteiger partial charge on any atom is 0.165 e. The molecule has 0 aliphatic rings. The quantitative estimate of drug-likeness (QED) is 0.285. The average molecular weight is 389 g/mol. The van der Waals surface area contributed by atoms with Gasteiger partial charge in [-0.2, -0.15) is 0 Å². The van der Waals surface area contributed by atoms with Crippen molar-refractivity contribution in [3.8, 4) is 22.3 Å². The van der Waals surface area contributed by atoms with Crippen molar-refractivity contribution in [3.63, 3.8) is 0 Å². The highest BCUT2D eigenvalue weighted by Gasteiger charge is 2.12. The van der Waals surface area contributed by atoms with E-state index in [1.165, 1.54) is 24.8 Å². The zero-order valence-electron chi connectivity index (χ0n) is 17.5. The van der Waals surface area contributed by atoms with E-state index in [2.05, 4.69) is 31.2 Å². The Morgan fingerprint density at radius 1 is 0.828 bits per heavy atom. The standard InChI is InChI=1S/C27H29FO/c1-4-5-6-7-20-8-10-21(11-9-20)24-16-17-25(26(28)18-24)22-12-14-23(15-13-22)27(29)19(2)3/h8-19H,4-7H2,1-3H3. The first-order valence-electron chi connectivity index (χ1n) is 10.5. The van der Waals surface area contributed by atoms with Crippen molar-refractivity contribution in [1.29, 1.82) is 0 Å². The second-order valence-electron chi connectivity index (χ2n) is 7.94. The van der Waals surface area contributed by atoms with Gasteiger partial charge in [-0.3, -0.25) is 4.79 Å². The molecule has 0 fully saturated rings. The van der Waals surface area contributed by atoms with E-state index in [1.807, 2.05) is 38.1 Å². The molecule has 150 valence electrons. The van der Waals surface area contributed by atoms with Gasteiger partial charge in [0.05, 0.1) is 0 Å². The van der Waals surface area contributed by atoms with Gasteiger partial charge in [0.25, 0.3) is 0 Å². The van der Waals surface area contributed by atoms with Gasteiger partial charge < -0.3 is 0 Å². The van der Waals surface area contributed by atoms with E-state index < -0.39 is 0 Å². The largest absolute Gasteiger partial charge is 0.294 e. The van der Waals surface area contributed by atoms with Crippen LogP contribution in [0.3, 0.4) is 0 Å². The normalized spacial score (nSPS) is 11.1. The molecule has 0 saturated carbocycles. The van der Waals surface area contributed by atoms with Gasteiger partial charge in [-0.25, -0.2) is 4.39 Å². The van der Waals surface area contributed by atoms with Crippen LogP contribution in [0, 0.1) is 11.7 Å². The summed E-state index contributed by atoms with van der Waals surface area (Å²) < 4.78 is 14.8. The zero-order valence-corrected chi connectivity index (χ0v) is 17.5. The van der Waals surface area contributed by atoms with Crippen LogP contribution in [-0.4, -0.2) is 5.78 Å². The topological polar surface area (TPSA) is 17.1 Å². The van der Waals surface area contributed by atoms with Crippen LogP contribution in [0.5, 0.6) is 0 Å². The summed E-state index contributed by atoms with van der Waals surface area (Å²) >= 11 is 0. The summed E-state index contributed by atoms with van der Waals surface area (Å²) in [6.07, 6.45) is 4.78. The fourth-order valence-corrected chi connectivity index (χ4v) is 3.52. The Bertz CT molecular complexity index is 953. The number of carbonyl (C=O) groups is 1. The number of benzene rings is 3. The van der Waals surface area contributed by atoms with Crippen LogP contribution < -0.4 is 0 Å². The third-order valence-corrected chi connectivity index (χ3v) is 5.33. The van der Waals surface area contributed by atoms with Crippen molar-refractivity contribution in [2.75, 3.05) is 0 Å². The molecule has 0 aromatic heterocycles. The monoisotopic (exact) mass is 388 g/mol. The first-order chi connectivity index (χ1) is 14.0. The van der Waals surface area contributed by atoms with E-state index in [0.717, 1.165) is 23.1 Å². The van der Waals surface area contributed by atoms with Gasteiger partial charge in [-0.05, 0) is 41.2 Å². The smallest absolute Gasteiger partial charge is 0.165 e. The maximum absolute atomic E-state index is 14.8. The van der Waals surface area contributed by atoms with Crippen molar-refractivity contribution in [3.05, 3.63) is 83.7 Å². The van der Waals surface area contributed by atoms with Gasteiger partial charge in [0.2, 0.25) is 0 Å². The Hall–Kier alpha value is -2.74. The highest BCUT2D eigenvalue weighted by molar-refractivity contribution is 5.97. The van der Waals surface area contributed by atoms with Gasteiger partial charge >= 0.3 is 0 Å². The third kappa shape index (κ3) is 5.20. The number of carbonyl (C=O) groups excluding carboxylic acids is 1. The van der Waals surface area contributed by atoms with E-state index in [0.29, 0.717) is 11.1 Å².